The molecule has 2 aromatic rings. The Kier molecular flexibility index (Phi) is 4.36. The minimum atomic E-state index is -0.0252. The Balaban J connectivity index is 2.59. The highest BCUT2D eigenvalue weighted by molar-refractivity contribution is 14.1. The fraction of sp³-hybridized carbons (Fsp3) is 0.267. The van der Waals surface area contributed by atoms with E-state index in [0.717, 1.165) is 17.1 Å². The second kappa shape index (κ2) is 5.67. The Hall–Kier alpha value is -0.810. The van der Waals surface area contributed by atoms with E-state index in [4.69, 9.17) is 11.6 Å². The van der Waals surface area contributed by atoms with E-state index in [9.17, 15) is 4.79 Å². The molecule has 0 spiro atoms. The van der Waals surface area contributed by atoms with Crippen molar-refractivity contribution in [1.29, 1.82) is 0 Å². The summed E-state index contributed by atoms with van der Waals surface area (Å²) in [6.07, 6.45) is 0. The Morgan fingerprint density at radius 3 is 2.53 bits per heavy atom. The number of benzene rings is 1. The highest BCUT2D eigenvalue weighted by atomic mass is 127. The first-order valence-electron chi connectivity index (χ1n) is 6.00. The summed E-state index contributed by atoms with van der Waals surface area (Å²) in [7, 11) is 0. The van der Waals surface area contributed by atoms with Gasteiger partial charge in [0.25, 0.3) is 0 Å². The zero-order valence-electron chi connectivity index (χ0n) is 11.1. The van der Waals surface area contributed by atoms with E-state index in [1.807, 2.05) is 19.9 Å². The molecular formula is C15H15ClINO. The number of halogens is 2. The lowest BCUT2D eigenvalue weighted by molar-refractivity contribution is 0.102. The van der Waals surface area contributed by atoms with E-state index in [2.05, 4.69) is 52.3 Å². The molecule has 0 saturated heterocycles. The number of alkyl halides is 1. The van der Waals surface area contributed by atoms with E-state index in [1.54, 1.807) is 0 Å². The van der Waals surface area contributed by atoms with Gasteiger partial charge in [-0.05, 0) is 67.1 Å². The van der Waals surface area contributed by atoms with Gasteiger partial charge in [-0.25, -0.2) is 0 Å². The van der Waals surface area contributed by atoms with Crippen LogP contribution in [-0.2, 0) is 0 Å². The molecule has 0 bridgehead atoms. The van der Waals surface area contributed by atoms with Gasteiger partial charge in [0.1, 0.15) is 0 Å². The number of nitrogens with zero attached hydrogens (tertiary/aromatic N) is 1. The number of carbonyl (C=O) groups excluding carboxylic acids is 1. The number of Topliss-reactive ketones (excluding diaryl/α,β-unsaturated/α-hetero) is 1. The monoisotopic (exact) mass is 387 g/mol. The lowest BCUT2D eigenvalue weighted by Gasteiger charge is -2.11. The topological polar surface area (TPSA) is 22.0 Å². The number of aryl methyl sites for hydroxylation is 2. The molecule has 1 aromatic heterocycles. The quantitative estimate of drug-likeness (QED) is 0.434. The van der Waals surface area contributed by atoms with E-state index < -0.39 is 0 Å². The standard InChI is InChI=1S/C15H15ClINO/c1-9-4-5-12(7-14(9)17)18-10(2)6-13(11(18)3)15(19)8-16/h4-7H,8H2,1-3H3. The SMILES string of the molecule is Cc1ccc(-n2c(C)cc(C(=O)CCl)c2C)cc1I. The number of hydrogen-bond acceptors (Lipinski definition) is 1. The van der Waals surface area contributed by atoms with Gasteiger partial charge in [0, 0.05) is 26.2 Å². The molecule has 0 aliphatic rings. The number of rotatable bonds is 3. The normalized spacial score (nSPS) is 10.8. The van der Waals surface area contributed by atoms with Crippen LogP contribution in [0.1, 0.15) is 27.3 Å². The van der Waals surface area contributed by atoms with Crippen LogP contribution in [0.5, 0.6) is 0 Å². The van der Waals surface area contributed by atoms with Crippen molar-refractivity contribution in [2.45, 2.75) is 20.8 Å². The third-order valence-electron chi connectivity index (χ3n) is 3.27. The number of carbonyl (C=O) groups is 1. The summed E-state index contributed by atoms with van der Waals surface area (Å²) in [5.41, 5.74) is 5.04. The molecule has 0 N–H and O–H groups in total. The van der Waals surface area contributed by atoms with Gasteiger partial charge in [-0.3, -0.25) is 4.79 Å². The maximum Gasteiger partial charge on any atom is 0.179 e. The van der Waals surface area contributed by atoms with Crippen molar-refractivity contribution in [2.75, 3.05) is 5.88 Å². The lowest BCUT2D eigenvalue weighted by Crippen LogP contribution is -2.04. The fourth-order valence-corrected chi connectivity index (χ4v) is 2.88. The highest BCUT2D eigenvalue weighted by Crippen LogP contribution is 2.24. The molecule has 1 heterocycles. The minimum Gasteiger partial charge on any atom is -0.318 e. The maximum atomic E-state index is 11.8. The van der Waals surface area contributed by atoms with Gasteiger partial charge in [-0.1, -0.05) is 6.07 Å². The van der Waals surface area contributed by atoms with E-state index in [0.29, 0.717) is 5.56 Å². The average Bonchev–Trinajstić information content (AvgIpc) is 2.68. The predicted molar refractivity (Wildman–Crippen MR) is 87.7 cm³/mol. The van der Waals surface area contributed by atoms with Crippen LogP contribution in [-0.4, -0.2) is 16.2 Å². The van der Waals surface area contributed by atoms with Crippen molar-refractivity contribution in [1.82, 2.24) is 4.57 Å². The molecule has 2 nitrogen and oxygen atoms in total. The predicted octanol–water partition coefficient (Wildman–Crippen LogP) is 4.43. The summed E-state index contributed by atoms with van der Waals surface area (Å²) in [6, 6.07) is 8.21. The third kappa shape index (κ3) is 2.72. The summed E-state index contributed by atoms with van der Waals surface area (Å²) in [6.45, 7) is 6.05. The molecule has 0 fully saturated rings. The number of ketones is 1. The molecule has 0 radical (unpaired) electrons. The van der Waals surface area contributed by atoms with Crippen molar-refractivity contribution in [3.8, 4) is 5.69 Å². The third-order valence-corrected chi connectivity index (χ3v) is 4.67. The van der Waals surface area contributed by atoms with Crippen molar-refractivity contribution in [2.24, 2.45) is 0 Å². The molecule has 0 atom stereocenters. The molecule has 0 aliphatic heterocycles. The summed E-state index contributed by atoms with van der Waals surface area (Å²) in [5.74, 6) is -0.00162. The Bertz CT molecular complexity index is 646. The first kappa shape index (κ1) is 14.6. The Labute approximate surface area is 131 Å². The van der Waals surface area contributed by atoms with Gasteiger partial charge in [-0.15, -0.1) is 11.6 Å². The smallest absolute Gasteiger partial charge is 0.179 e. The van der Waals surface area contributed by atoms with Gasteiger partial charge < -0.3 is 4.57 Å². The minimum absolute atomic E-state index is 0.0235. The van der Waals surface area contributed by atoms with Gasteiger partial charge in [-0.2, -0.15) is 0 Å². The van der Waals surface area contributed by atoms with Gasteiger partial charge in [0.15, 0.2) is 5.78 Å². The van der Waals surface area contributed by atoms with Crippen LogP contribution in [0.15, 0.2) is 24.3 Å². The molecule has 2 rings (SSSR count). The van der Waals surface area contributed by atoms with Crippen LogP contribution in [0.3, 0.4) is 0 Å². The second-order valence-corrected chi connectivity index (χ2v) is 6.04. The molecule has 19 heavy (non-hydrogen) atoms. The summed E-state index contributed by atoms with van der Waals surface area (Å²) >= 11 is 7.98. The van der Waals surface area contributed by atoms with E-state index >= 15 is 0 Å². The molecule has 1 aromatic carbocycles. The van der Waals surface area contributed by atoms with Crippen LogP contribution in [0.4, 0.5) is 0 Å². The molecular weight excluding hydrogens is 373 g/mol. The van der Waals surface area contributed by atoms with Gasteiger partial charge >= 0.3 is 0 Å². The molecule has 0 saturated carbocycles. The zero-order chi connectivity index (χ0) is 14.2. The van der Waals surface area contributed by atoms with Crippen molar-refractivity contribution < 1.29 is 4.79 Å². The number of hydrogen-bond donors (Lipinski definition) is 0. The van der Waals surface area contributed by atoms with Crippen LogP contribution < -0.4 is 0 Å². The lowest BCUT2D eigenvalue weighted by atomic mass is 10.2. The molecule has 4 heteroatoms. The first-order chi connectivity index (χ1) is 8.95. The zero-order valence-corrected chi connectivity index (χ0v) is 14.0. The number of aromatic nitrogens is 1. The van der Waals surface area contributed by atoms with E-state index in [-0.39, 0.29) is 11.7 Å². The Morgan fingerprint density at radius 1 is 1.26 bits per heavy atom. The maximum absolute atomic E-state index is 11.8. The second-order valence-electron chi connectivity index (χ2n) is 4.61. The van der Waals surface area contributed by atoms with Gasteiger partial charge in [0.05, 0.1) is 5.88 Å². The van der Waals surface area contributed by atoms with Crippen molar-refractivity contribution in [3.05, 3.63) is 50.4 Å². The van der Waals surface area contributed by atoms with Gasteiger partial charge in [0.2, 0.25) is 0 Å². The summed E-state index contributed by atoms with van der Waals surface area (Å²) in [5, 5.41) is 0. The Morgan fingerprint density at radius 2 is 1.95 bits per heavy atom. The van der Waals surface area contributed by atoms with Crippen LogP contribution in [0, 0.1) is 24.3 Å². The summed E-state index contributed by atoms with van der Waals surface area (Å²) < 4.78 is 3.31. The molecule has 0 amide bonds. The fourth-order valence-electron chi connectivity index (χ4n) is 2.24. The summed E-state index contributed by atoms with van der Waals surface area (Å²) in [4.78, 5) is 11.8. The molecule has 100 valence electrons. The van der Waals surface area contributed by atoms with Crippen LogP contribution in [0.25, 0.3) is 5.69 Å². The molecule has 0 aliphatic carbocycles. The van der Waals surface area contributed by atoms with Crippen molar-refractivity contribution in [3.63, 3.8) is 0 Å². The average molecular weight is 388 g/mol. The van der Waals surface area contributed by atoms with E-state index in [1.165, 1.54) is 9.13 Å². The highest BCUT2D eigenvalue weighted by Gasteiger charge is 2.16. The molecule has 0 unspecified atom stereocenters. The van der Waals surface area contributed by atoms with Crippen LogP contribution in [0.2, 0.25) is 0 Å². The largest absolute Gasteiger partial charge is 0.318 e. The van der Waals surface area contributed by atoms with Crippen LogP contribution >= 0.6 is 34.2 Å². The van der Waals surface area contributed by atoms with Crippen molar-refractivity contribution >= 4 is 40.0 Å². The first-order valence-corrected chi connectivity index (χ1v) is 7.61.